The number of alkyl halides is 3. The number of amides is 3. The van der Waals surface area contributed by atoms with Gasteiger partial charge in [-0.25, -0.2) is 9.69 Å². The van der Waals surface area contributed by atoms with Gasteiger partial charge in [-0.2, -0.15) is 13.2 Å². The number of carbonyl (C=O) groups is 2. The fourth-order valence-electron chi connectivity index (χ4n) is 5.37. The predicted molar refractivity (Wildman–Crippen MR) is 121 cm³/mol. The van der Waals surface area contributed by atoms with Gasteiger partial charge < -0.3 is 19.9 Å². The molecule has 0 aromatic heterocycles. The molecule has 0 radical (unpaired) electrons. The minimum Gasteiger partial charge on any atom is -0.379 e. The van der Waals surface area contributed by atoms with Gasteiger partial charge in [0.1, 0.15) is 6.04 Å². The lowest BCUT2D eigenvalue weighted by Crippen LogP contribution is -2.57. The fraction of sp³-hybridized carbons (Fsp3) is 0.591. The number of thiocarbonyl (C=S) groups is 1. The Kier molecular flexibility index (Phi) is 6.15. The summed E-state index contributed by atoms with van der Waals surface area (Å²) in [5.74, 6) is -0.503. The number of fused-ring (bicyclic) bond motifs is 5. The van der Waals surface area contributed by atoms with Crippen molar-refractivity contribution in [1.82, 2.24) is 20.0 Å². The van der Waals surface area contributed by atoms with Crippen LogP contribution in [0.3, 0.4) is 0 Å². The average molecular weight is 498 g/mol. The van der Waals surface area contributed by atoms with Gasteiger partial charge in [-0.15, -0.1) is 0 Å². The number of morpholine rings is 1. The van der Waals surface area contributed by atoms with Crippen LogP contribution >= 0.6 is 12.2 Å². The van der Waals surface area contributed by atoms with E-state index >= 15 is 0 Å². The number of imide groups is 1. The molecule has 3 unspecified atom stereocenters. The highest BCUT2D eigenvalue weighted by Crippen LogP contribution is 2.43. The van der Waals surface area contributed by atoms with Crippen molar-refractivity contribution in [2.24, 2.45) is 0 Å². The monoisotopic (exact) mass is 497 g/mol. The van der Waals surface area contributed by atoms with Crippen molar-refractivity contribution in [3.8, 4) is 0 Å². The first-order chi connectivity index (χ1) is 16.3. The van der Waals surface area contributed by atoms with Crippen molar-refractivity contribution >= 4 is 35.0 Å². The molecule has 0 spiro atoms. The topological polar surface area (TPSA) is 68.4 Å². The number of likely N-dealkylation sites (tertiary alicyclic amines) is 1. The number of urea groups is 1. The molecule has 34 heavy (non-hydrogen) atoms. The van der Waals surface area contributed by atoms with E-state index in [9.17, 15) is 22.8 Å². The van der Waals surface area contributed by atoms with Gasteiger partial charge in [0.2, 0.25) is 0 Å². The minimum atomic E-state index is -4.56. The predicted octanol–water partition coefficient (Wildman–Crippen LogP) is 1.90. The third-order valence-electron chi connectivity index (χ3n) is 6.99. The Morgan fingerprint density at radius 2 is 1.97 bits per heavy atom. The van der Waals surface area contributed by atoms with Crippen molar-refractivity contribution in [3.63, 3.8) is 0 Å². The second-order valence-corrected chi connectivity index (χ2v) is 9.39. The van der Waals surface area contributed by atoms with Crippen LogP contribution in [0.1, 0.15) is 18.4 Å². The number of nitrogens with one attached hydrogen (secondary N) is 1. The smallest absolute Gasteiger partial charge is 0.379 e. The molecule has 4 saturated heterocycles. The number of rotatable bonds is 5. The molecule has 0 saturated carbocycles. The molecule has 1 aromatic rings. The van der Waals surface area contributed by atoms with Crippen molar-refractivity contribution in [2.45, 2.75) is 37.1 Å². The van der Waals surface area contributed by atoms with Crippen LogP contribution in [-0.2, 0) is 15.7 Å². The first kappa shape index (κ1) is 23.3. The summed E-state index contributed by atoms with van der Waals surface area (Å²) in [6.07, 6.45) is -3.03. The van der Waals surface area contributed by atoms with Crippen LogP contribution in [-0.4, -0.2) is 95.8 Å². The molecule has 0 aliphatic carbocycles. The number of hydrogen-bond donors (Lipinski definition) is 1. The van der Waals surface area contributed by atoms with E-state index in [0.29, 0.717) is 24.6 Å². The molecule has 184 valence electrons. The van der Waals surface area contributed by atoms with E-state index in [-0.39, 0.29) is 17.8 Å². The maximum Gasteiger partial charge on any atom is 0.416 e. The summed E-state index contributed by atoms with van der Waals surface area (Å²) in [6.45, 7) is 5.51. The van der Waals surface area contributed by atoms with Crippen molar-refractivity contribution in [2.75, 3.05) is 50.8 Å². The van der Waals surface area contributed by atoms with Crippen LogP contribution in [0.4, 0.5) is 23.7 Å². The fourth-order valence-corrected chi connectivity index (χ4v) is 5.69. The highest BCUT2D eigenvalue weighted by Gasteiger charge is 2.62. The summed E-state index contributed by atoms with van der Waals surface area (Å²) in [7, 11) is 0. The van der Waals surface area contributed by atoms with Crippen molar-refractivity contribution in [1.29, 1.82) is 0 Å². The first-order valence-electron chi connectivity index (χ1n) is 11.4. The number of anilines is 1. The molecule has 4 fully saturated rings. The molecule has 1 aromatic carbocycles. The van der Waals surface area contributed by atoms with E-state index in [2.05, 4.69) is 10.2 Å². The van der Waals surface area contributed by atoms with Crippen LogP contribution in [0.15, 0.2) is 24.3 Å². The van der Waals surface area contributed by atoms with Gasteiger partial charge in [-0.1, -0.05) is 6.07 Å². The molecule has 12 heteroatoms. The third kappa shape index (κ3) is 4.11. The van der Waals surface area contributed by atoms with Gasteiger partial charge in [-0.3, -0.25) is 9.69 Å². The molecular formula is C22H26F3N5O3S. The normalized spacial score (nSPS) is 27.0. The summed E-state index contributed by atoms with van der Waals surface area (Å²) in [5.41, 5.74) is -0.960. The molecular weight excluding hydrogens is 471 g/mol. The Hall–Kier alpha value is -2.44. The molecule has 2 bridgehead atoms. The lowest BCUT2D eigenvalue weighted by Gasteiger charge is -2.36. The van der Waals surface area contributed by atoms with Gasteiger partial charge in [0.15, 0.2) is 5.11 Å². The second-order valence-electron chi connectivity index (χ2n) is 9.01. The number of ether oxygens (including phenoxy) is 1. The lowest BCUT2D eigenvalue weighted by atomic mass is 10.1. The molecule has 5 rings (SSSR count). The third-order valence-corrected chi connectivity index (χ3v) is 7.37. The standard InChI is InChI=1S/C22H26F3N5O3S/c23-22(24,25)14-3-1-4-15(11-14)30-19(31)18-17-12-16(29(18)21(30)32)13-28(17)20(34)26-5-2-6-27-7-9-33-10-8-27/h1,3-4,11,16-18H,2,5-10,12-13H2,(H,26,34). The van der Waals surface area contributed by atoms with Gasteiger partial charge in [0.25, 0.3) is 5.91 Å². The van der Waals surface area contributed by atoms with Crippen molar-refractivity contribution < 1.29 is 27.5 Å². The van der Waals surface area contributed by atoms with Crippen LogP contribution in [0, 0.1) is 0 Å². The molecule has 3 atom stereocenters. The summed E-state index contributed by atoms with van der Waals surface area (Å²) in [6, 6.07) is 2.54. The zero-order valence-corrected chi connectivity index (χ0v) is 19.3. The van der Waals surface area contributed by atoms with Gasteiger partial charge in [0, 0.05) is 26.2 Å². The zero-order valence-electron chi connectivity index (χ0n) is 18.5. The van der Waals surface area contributed by atoms with Crippen LogP contribution in [0.25, 0.3) is 0 Å². The number of carbonyl (C=O) groups excluding carboxylic acids is 2. The molecule has 3 amide bonds. The largest absolute Gasteiger partial charge is 0.416 e. The van der Waals surface area contributed by atoms with Crippen molar-refractivity contribution in [3.05, 3.63) is 29.8 Å². The molecule has 4 aliphatic heterocycles. The number of piperazine rings is 1. The maximum atomic E-state index is 13.2. The zero-order chi connectivity index (χ0) is 24.0. The number of halogens is 3. The van der Waals surface area contributed by atoms with E-state index in [4.69, 9.17) is 17.0 Å². The second kappa shape index (κ2) is 8.97. The Bertz CT molecular complexity index is 987. The highest BCUT2D eigenvalue weighted by molar-refractivity contribution is 7.80. The first-order valence-corrected chi connectivity index (χ1v) is 11.8. The van der Waals surface area contributed by atoms with E-state index in [1.807, 2.05) is 4.90 Å². The van der Waals surface area contributed by atoms with Gasteiger partial charge in [0.05, 0.1) is 36.5 Å². The van der Waals surface area contributed by atoms with Crippen LogP contribution in [0.5, 0.6) is 0 Å². The SMILES string of the molecule is O=C1C2C3CC(CN3C(=S)NCCCN3CCOCC3)N2C(=O)N1c1cccc(C(F)(F)F)c1. The van der Waals surface area contributed by atoms with Crippen LogP contribution < -0.4 is 10.2 Å². The summed E-state index contributed by atoms with van der Waals surface area (Å²) < 4.78 is 44.8. The minimum absolute atomic E-state index is 0.0611. The molecule has 4 aliphatic rings. The molecule has 1 N–H and O–H groups in total. The van der Waals surface area contributed by atoms with Gasteiger partial charge in [-0.05, 0) is 49.8 Å². The average Bonchev–Trinajstić information content (AvgIpc) is 3.48. The summed E-state index contributed by atoms with van der Waals surface area (Å²) in [5, 5.41) is 3.82. The number of hydrogen-bond acceptors (Lipinski definition) is 5. The number of benzene rings is 1. The van der Waals surface area contributed by atoms with Gasteiger partial charge >= 0.3 is 12.2 Å². The molecule has 4 heterocycles. The summed E-state index contributed by atoms with van der Waals surface area (Å²) >= 11 is 5.58. The Balaban J connectivity index is 1.22. The van der Waals surface area contributed by atoms with E-state index in [1.54, 1.807) is 0 Å². The Morgan fingerprint density at radius 1 is 1.21 bits per heavy atom. The van der Waals surface area contributed by atoms with E-state index in [0.717, 1.165) is 56.3 Å². The van der Waals surface area contributed by atoms with E-state index < -0.39 is 29.7 Å². The maximum absolute atomic E-state index is 13.2. The Labute approximate surface area is 200 Å². The highest BCUT2D eigenvalue weighted by atomic mass is 32.1. The van der Waals surface area contributed by atoms with Crippen LogP contribution in [0.2, 0.25) is 0 Å². The molecule has 8 nitrogen and oxygen atoms in total. The van der Waals surface area contributed by atoms with E-state index in [1.165, 1.54) is 17.0 Å². The summed E-state index contributed by atoms with van der Waals surface area (Å²) in [4.78, 5) is 33.0. The quantitative estimate of drug-likeness (QED) is 0.379. The number of nitrogens with zero attached hydrogens (tertiary/aromatic N) is 4. The lowest BCUT2D eigenvalue weighted by molar-refractivity contribution is -0.137. The Morgan fingerprint density at radius 3 is 2.71 bits per heavy atom.